The van der Waals surface area contributed by atoms with Crippen molar-refractivity contribution < 1.29 is 17.6 Å². The van der Waals surface area contributed by atoms with Gasteiger partial charge in [0.1, 0.15) is 5.76 Å². The van der Waals surface area contributed by atoms with E-state index in [-0.39, 0.29) is 18.2 Å². The molecule has 0 spiro atoms. The Balaban J connectivity index is 1.61. The number of rotatable bonds is 3. The number of nitrogens with zero attached hydrogens (tertiary/aromatic N) is 2. The van der Waals surface area contributed by atoms with E-state index in [9.17, 15) is 8.42 Å². The summed E-state index contributed by atoms with van der Waals surface area (Å²) >= 11 is 0. The van der Waals surface area contributed by atoms with Crippen molar-refractivity contribution in [1.82, 2.24) is 8.61 Å². The normalized spacial score (nSPS) is 33.7. The summed E-state index contributed by atoms with van der Waals surface area (Å²) in [4.78, 5) is 0. The predicted molar refractivity (Wildman–Crippen MR) is 85.0 cm³/mol. The molecule has 0 N–H and O–H groups in total. The second kappa shape index (κ2) is 6.20. The molecule has 6 nitrogen and oxygen atoms in total. The van der Waals surface area contributed by atoms with Crippen LogP contribution >= 0.6 is 0 Å². The molecule has 0 bridgehead atoms. The second-order valence-electron chi connectivity index (χ2n) is 6.66. The largest absolute Gasteiger partial charge is 0.468 e. The Morgan fingerprint density at radius 1 is 1.04 bits per heavy atom. The molecule has 128 valence electrons. The van der Waals surface area contributed by atoms with Crippen LogP contribution in [0.15, 0.2) is 22.8 Å². The summed E-state index contributed by atoms with van der Waals surface area (Å²) in [6.45, 7) is 1.53. The lowest BCUT2D eigenvalue weighted by Gasteiger charge is -2.44. The lowest BCUT2D eigenvalue weighted by atomic mass is 9.91. The molecule has 2 saturated heterocycles. The van der Waals surface area contributed by atoms with E-state index < -0.39 is 10.2 Å². The van der Waals surface area contributed by atoms with Crippen LogP contribution in [0.1, 0.15) is 50.3 Å². The molecule has 1 saturated carbocycles. The van der Waals surface area contributed by atoms with E-state index in [1.165, 1.54) is 0 Å². The van der Waals surface area contributed by atoms with Gasteiger partial charge in [0, 0.05) is 13.1 Å². The molecule has 0 aromatic carbocycles. The van der Waals surface area contributed by atoms with Gasteiger partial charge in [-0.15, -0.1) is 0 Å². The van der Waals surface area contributed by atoms with Gasteiger partial charge in [-0.3, -0.25) is 0 Å². The molecular weight excluding hydrogens is 316 g/mol. The summed E-state index contributed by atoms with van der Waals surface area (Å²) in [6.07, 6.45) is 7.48. The Morgan fingerprint density at radius 3 is 2.74 bits per heavy atom. The van der Waals surface area contributed by atoms with Gasteiger partial charge < -0.3 is 9.15 Å². The summed E-state index contributed by atoms with van der Waals surface area (Å²) in [7, 11) is -3.48. The van der Waals surface area contributed by atoms with Crippen LogP contribution in [0.25, 0.3) is 0 Å². The first kappa shape index (κ1) is 15.6. The van der Waals surface area contributed by atoms with Gasteiger partial charge in [0.15, 0.2) is 0 Å². The van der Waals surface area contributed by atoms with Crippen molar-refractivity contribution in [2.24, 2.45) is 0 Å². The zero-order valence-corrected chi connectivity index (χ0v) is 14.1. The molecule has 7 heteroatoms. The van der Waals surface area contributed by atoms with E-state index >= 15 is 0 Å². The van der Waals surface area contributed by atoms with Crippen LogP contribution in [0.5, 0.6) is 0 Å². The molecule has 3 heterocycles. The standard InChI is InChI=1S/C16H24N2O4S/c19-23(20,17-9-3-6-14(17)16-8-4-11-21-16)18-10-12-22-15-7-2-1-5-13(15)18/h4,8,11,13-15H,1-3,5-7,9-10,12H2/t13-,14-,15-/m1/s1. The number of ether oxygens (including phenoxy) is 1. The fourth-order valence-electron chi connectivity index (χ4n) is 4.26. The first-order valence-corrected chi connectivity index (χ1v) is 10.0. The summed E-state index contributed by atoms with van der Waals surface area (Å²) in [5.74, 6) is 0.750. The summed E-state index contributed by atoms with van der Waals surface area (Å²) in [5, 5.41) is 0. The first-order chi connectivity index (χ1) is 11.2. The van der Waals surface area contributed by atoms with Crippen LogP contribution < -0.4 is 0 Å². The van der Waals surface area contributed by atoms with Crippen LogP contribution in [-0.2, 0) is 14.9 Å². The van der Waals surface area contributed by atoms with Gasteiger partial charge in [0.2, 0.25) is 0 Å². The SMILES string of the molecule is O=S(=O)(N1CCC[C@@H]1c1ccco1)N1CCO[C@@H]2CCCC[C@H]21. The Hall–Kier alpha value is -0.890. The summed E-state index contributed by atoms with van der Waals surface area (Å²) < 4.78 is 41.3. The lowest BCUT2D eigenvalue weighted by molar-refractivity contribution is -0.0604. The first-order valence-electron chi connectivity index (χ1n) is 8.61. The predicted octanol–water partition coefficient (Wildman–Crippen LogP) is 2.30. The van der Waals surface area contributed by atoms with Gasteiger partial charge in [-0.2, -0.15) is 17.0 Å². The van der Waals surface area contributed by atoms with Crippen LogP contribution in [0, 0.1) is 0 Å². The van der Waals surface area contributed by atoms with Gasteiger partial charge in [-0.05, 0) is 37.8 Å². The van der Waals surface area contributed by atoms with Crippen molar-refractivity contribution in [3.8, 4) is 0 Å². The van der Waals surface area contributed by atoms with E-state index in [1.54, 1.807) is 14.9 Å². The third kappa shape index (κ3) is 2.73. The number of fused-ring (bicyclic) bond motifs is 1. The molecule has 1 aliphatic carbocycles. The molecule has 23 heavy (non-hydrogen) atoms. The summed E-state index contributed by atoms with van der Waals surface area (Å²) in [5.41, 5.74) is 0. The number of morpholine rings is 1. The van der Waals surface area contributed by atoms with Gasteiger partial charge in [-0.1, -0.05) is 12.8 Å². The molecular formula is C16H24N2O4S. The fourth-order valence-corrected chi connectivity index (χ4v) is 6.31. The molecule has 4 rings (SSSR count). The molecule has 3 aliphatic rings. The van der Waals surface area contributed by atoms with Gasteiger partial charge in [0.25, 0.3) is 10.2 Å². The Morgan fingerprint density at radius 2 is 1.91 bits per heavy atom. The molecule has 3 atom stereocenters. The average Bonchev–Trinajstić information content (AvgIpc) is 3.25. The Labute approximate surface area is 137 Å². The highest BCUT2D eigenvalue weighted by atomic mass is 32.2. The van der Waals surface area contributed by atoms with Gasteiger partial charge in [0.05, 0.1) is 31.1 Å². The number of hydrogen-bond acceptors (Lipinski definition) is 4. The number of furan rings is 1. The lowest BCUT2D eigenvalue weighted by Crippen LogP contribution is -2.58. The van der Waals surface area contributed by atoms with Crippen LogP contribution in [0.2, 0.25) is 0 Å². The van der Waals surface area contributed by atoms with Crippen molar-refractivity contribution in [3.05, 3.63) is 24.2 Å². The Kier molecular flexibility index (Phi) is 4.21. The smallest absolute Gasteiger partial charge is 0.283 e. The topological polar surface area (TPSA) is 63.0 Å². The minimum absolute atomic E-state index is 0.000325. The second-order valence-corrected chi connectivity index (χ2v) is 8.50. The summed E-state index contributed by atoms with van der Waals surface area (Å²) in [6, 6.07) is 3.53. The minimum Gasteiger partial charge on any atom is -0.468 e. The highest BCUT2D eigenvalue weighted by Gasteiger charge is 2.46. The molecule has 0 amide bonds. The van der Waals surface area contributed by atoms with Crippen molar-refractivity contribution >= 4 is 10.2 Å². The molecule has 1 aromatic heterocycles. The van der Waals surface area contributed by atoms with Crippen molar-refractivity contribution in [1.29, 1.82) is 0 Å². The maximum absolute atomic E-state index is 13.3. The fraction of sp³-hybridized carbons (Fsp3) is 0.750. The maximum Gasteiger partial charge on any atom is 0.283 e. The van der Waals surface area contributed by atoms with Gasteiger partial charge >= 0.3 is 0 Å². The maximum atomic E-state index is 13.3. The van der Waals surface area contributed by atoms with E-state index in [4.69, 9.17) is 9.15 Å². The van der Waals surface area contributed by atoms with Crippen molar-refractivity contribution in [3.63, 3.8) is 0 Å². The van der Waals surface area contributed by atoms with Crippen molar-refractivity contribution in [2.75, 3.05) is 19.7 Å². The molecule has 0 radical (unpaired) electrons. The highest BCUT2D eigenvalue weighted by Crippen LogP contribution is 2.38. The average molecular weight is 340 g/mol. The van der Waals surface area contributed by atoms with Crippen LogP contribution in [0.4, 0.5) is 0 Å². The molecule has 0 unspecified atom stereocenters. The highest BCUT2D eigenvalue weighted by molar-refractivity contribution is 7.86. The van der Waals surface area contributed by atoms with Crippen LogP contribution in [-0.4, -0.2) is 48.9 Å². The number of hydrogen-bond donors (Lipinski definition) is 0. The van der Waals surface area contributed by atoms with Crippen molar-refractivity contribution in [2.45, 2.75) is 56.7 Å². The van der Waals surface area contributed by atoms with E-state index in [0.29, 0.717) is 19.7 Å². The molecule has 1 aromatic rings. The molecule has 2 aliphatic heterocycles. The van der Waals surface area contributed by atoms with Crippen LogP contribution in [0.3, 0.4) is 0 Å². The van der Waals surface area contributed by atoms with Gasteiger partial charge in [-0.25, -0.2) is 0 Å². The Bertz CT molecular complexity index is 629. The zero-order valence-electron chi connectivity index (χ0n) is 13.3. The van der Waals surface area contributed by atoms with E-state index in [2.05, 4.69) is 0 Å². The third-order valence-electron chi connectivity index (χ3n) is 5.35. The van der Waals surface area contributed by atoms with E-state index in [1.807, 2.05) is 12.1 Å². The third-order valence-corrected chi connectivity index (χ3v) is 7.43. The zero-order chi connectivity index (χ0) is 15.9. The minimum atomic E-state index is -3.48. The quantitative estimate of drug-likeness (QED) is 0.847. The molecule has 3 fully saturated rings. The van der Waals surface area contributed by atoms with E-state index in [0.717, 1.165) is 44.3 Å². The monoisotopic (exact) mass is 340 g/mol.